The summed E-state index contributed by atoms with van der Waals surface area (Å²) in [6.07, 6.45) is 1.71. The molecule has 8 heteroatoms. The van der Waals surface area contributed by atoms with Crippen molar-refractivity contribution in [2.24, 2.45) is 0 Å². The Hall–Kier alpha value is -3.94. The van der Waals surface area contributed by atoms with Crippen molar-refractivity contribution in [1.82, 2.24) is 4.57 Å². The lowest BCUT2D eigenvalue weighted by Crippen LogP contribution is -2.20. The summed E-state index contributed by atoms with van der Waals surface area (Å²) in [5.74, 6) is -0.147. The first kappa shape index (κ1) is 18.8. The van der Waals surface area contributed by atoms with E-state index < -0.39 is 10.8 Å². The topological polar surface area (TPSA) is 103 Å². The van der Waals surface area contributed by atoms with Crippen LogP contribution in [0.2, 0.25) is 0 Å². The molecule has 0 unspecified atom stereocenters. The van der Waals surface area contributed by atoms with Crippen molar-refractivity contribution < 1.29 is 14.5 Å². The Kier molecular flexibility index (Phi) is 5.81. The zero-order valence-electron chi connectivity index (χ0n) is 14.8. The summed E-state index contributed by atoms with van der Waals surface area (Å²) in [4.78, 5) is 34.0. The van der Waals surface area contributed by atoms with Gasteiger partial charge in [-0.05, 0) is 29.8 Å². The van der Waals surface area contributed by atoms with Gasteiger partial charge in [-0.25, -0.2) is 0 Å². The monoisotopic (exact) mass is 379 g/mol. The van der Waals surface area contributed by atoms with Crippen LogP contribution in [0.25, 0.3) is 0 Å². The van der Waals surface area contributed by atoms with Crippen LogP contribution in [-0.4, -0.2) is 22.0 Å². The first-order chi connectivity index (χ1) is 13.5. The highest BCUT2D eigenvalue weighted by molar-refractivity contribution is 5.91. The molecular weight excluding hydrogens is 362 g/mol. The second-order valence-corrected chi connectivity index (χ2v) is 5.96. The molecule has 142 valence electrons. The lowest BCUT2D eigenvalue weighted by atomic mass is 10.2. The molecule has 0 saturated heterocycles. The largest absolute Gasteiger partial charge is 0.484 e. The molecule has 1 aromatic heterocycles. The van der Waals surface area contributed by atoms with E-state index in [4.69, 9.17) is 4.74 Å². The maximum Gasteiger partial charge on any atom is 0.273 e. The van der Waals surface area contributed by atoms with Crippen molar-refractivity contribution in [3.05, 3.63) is 99.0 Å². The maximum absolute atomic E-state index is 12.0. The summed E-state index contributed by atoms with van der Waals surface area (Å²) < 4.78 is 6.88. The number of non-ortho nitro benzene ring substituents is 1. The van der Waals surface area contributed by atoms with E-state index in [0.717, 1.165) is 5.56 Å². The third-order valence-corrected chi connectivity index (χ3v) is 3.89. The van der Waals surface area contributed by atoms with Gasteiger partial charge in [0.25, 0.3) is 17.2 Å². The Bertz CT molecular complexity index is 1040. The van der Waals surface area contributed by atoms with Gasteiger partial charge in [-0.1, -0.05) is 24.3 Å². The molecule has 1 amide bonds. The number of ether oxygens (including phenoxy) is 1. The van der Waals surface area contributed by atoms with Gasteiger partial charge in [0.05, 0.1) is 17.5 Å². The average Bonchev–Trinajstić information content (AvgIpc) is 2.70. The molecule has 0 aliphatic rings. The molecule has 0 aliphatic heterocycles. The van der Waals surface area contributed by atoms with Crippen molar-refractivity contribution >= 4 is 17.3 Å². The number of nitro benzene ring substituents is 1. The Balaban J connectivity index is 1.54. The normalized spacial score (nSPS) is 10.3. The molecule has 0 atom stereocenters. The summed E-state index contributed by atoms with van der Waals surface area (Å²) in [6, 6.07) is 17.7. The van der Waals surface area contributed by atoms with Gasteiger partial charge in [0, 0.05) is 24.0 Å². The van der Waals surface area contributed by atoms with Gasteiger partial charge in [0.15, 0.2) is 6.61 Å². The third kappa shape index (κ3) is 5.04. The summed E-state index contributed by atoms with van der Waals surface area (Å²) in [5.41, 5.74) is 1.31. The number of hydrogen-bond donors (Lipinski definition) is 1. The van der Waals surface area contributed by atoms with Crippen LogP contribution in [-0.2, 0) is 11.3 Å². The number of anilines is 1. The van der Waals surface area contributed by atoms with Gasteiger partial charge in [-0.2, -0.15) is 0 Å². The van der Waals surface area contributed by atoms with Crippen molar-refractivity contribution in [2.75, 3.05) is 11.9 Å². The highest BCUT2D eigenvalue weighted by Crippen LogP contribution is 2.19. The Morgan fingerprint density at radius 1 is 1.07 bits per heavy atom. The Morgan fingerprint density at radius 2 is 1.86 bits per heavy atom. The Morgan fingerprint density at radius 3 is 2.57 bits per heavy atom. The van der Waals surface area contributed by atoms with Crippen molar-refractivity contribution in [3.8, 4) is 5.75 Å². The summed E-state index contributed by atoms with van der Waals surface area (Å²) >= 11 is 0. The number of amides is 1. The number of aromatic nitrogens is 1. The molecule has 0 radical (unpaired) electrons. The van der Waals surface area contributed by atoms with Crippen LogP contribution in [0, 0.1) is 10.1 Å². The lowest BCUT2D eigenvalue weighted by Gasteiger charge is -2.09. The minimum Gasteiger partial charge on any atom is -0.484 e. The second kappa shape index (κ2) is 8.63. The predicted molar refractivity (Wildman–Crippen MR) is 103 cm³/mol. The summed E-state index contributed by atoms with van der Waals surface area (Å²) in [5, 5.41) is 13.4. The smallest absolute Gasteiger partial charge is 0.273 e. The van der Waals surface area contributed by atoms with E-state index >= 15 is 0 Å². The highest BCUT2D eigenvalue weighted by atomic mass is 16.6. The molecule has 0 saturated carbocycles. The van der Waals surface area contributed by atoms with Gasteiger partial charge in [-0.3, -0.25) is 19.7 Å². The molecule has 0 spiro atoms. The number of pyridine rings is 1. The third-order valence-electron chi connectivity index (χ3n) is 3.89. The SMILES string of the molecule is O=C(COc1cccc([N+](=O)[O-])c1)Nc1ccc(Cn2ccccc2=O)cc1. The predicted octanol–water partition coefficient (Wildman–Crippen LogP) is 2.82. The average molecular weight is 379 g/mol. The number of hydrogen-bond acceptors (Lipinski definition) is 5. The van der Waals surface area contributed by atoms with Crippen molar-refractivity contribution in [3.63, 3.8) is 0 Å². The molecule has 0 fully saturated rings. The van der Waals surface area contributed by atoms with Crippen LogP contribution in [0.4, 0.5) is 11.4 Å². The molecule has 3 aromatic rings. The first-order valence-corrected chi connectivity index (χ1v) is 8.43. The zero-order valence-corrected chi connectivity index (χ0v) is 14.8. The summed E-state index contributed by atoms with van der Waals surface area (Å²) in [7, 11) is 0. The Labute approximate surface area is 160 Å². The molecule has 1 N–H and O–H groups in total. The van der Waals surface area contributed by atoms with Gasteiger partial charge in [0.1, 0.15) is 5.75 Å². The fourth-order valence-electron chi connectivity index (χ4n) is 2.51. The fraction of sp³-hybridized carbons (Fsp3) is 0.100. The van der Waals surface area contributed by atoms with Gasteiger partial charge in [-0.15, -0.1) is 0 Å². The number of nitro groups is 1. The number of benzene rings is 2. The number of nitrogens with zero attached hydrogens (tertiary/aromatic N) is 2. The van der Waals surface area contributed by atoms with Crippen LogP contribution < -0.4 is 15.6 Å². The van der Waals surface area contributed by atoms with E-state index in [2.05, 4.69) is 5.32 Å². The van der Waals surface area contributed by atoms with Crippen LogP contribution in [0.1, 0.15) is 5.56 Å². The molecule has 0 aliphatic carbocycles. The quantitative estimate of drug-likeness (QED) is 0.502. The van der Waals surface area contributed by atoms with E-state index in [9.17, 15) is 19.7 Å². The number of rotatable bonds is 7. The van der Waals surface area contributed by atoms with Crippen LogP contribution >= 0.6 is 0 Å². The van der Waals surface area contributed by atoms with Crippen molar-refractivity contribution in [2.45, 2.75) is 6.54 Å². The minimum absolute atomic E-state index is 0.0850. The number of nitrogens with one attached hydrogen (secondary N) is 1. The number of carbonyl (C=O) groups is 1. The number of carbonyl (C=O) groups excluding carboxylic acids is 1. The van der Waals surface area contributed by atoms with E-state index in [1.165, 1.54) is 24.3 Å². The standard InChI is InChI=1S/C20H17N3O5/c24-19(14-28-18-5-3-4-17(12-18)23(26)27)21-16-9-7-15(8-10-16)13-22-11-2-1-6-20(22)25/h1-12H,13-14H2,(H,21,24). The molecule has 8 nitrogen and oxygen atoms in total. The molecule has 1 heterocycles. The molecule has 2 aromatic carbocycles. The zero-order chi connectivity index (χ0) is 19.9. The van der Waals surface area contributed by atoms with E-state index in [1.54, 1.807) is 41.1 Å². The van der Waals surface area contributed by atoms with Crippen LogP contribution in [0.15, 0.2) is 77.7 Å². The van der Waals surface area contributed by atoms with Crippen LogP contribution in [0.5, 0.6) is 5.75 Å². The van der Waals surface area contributed by atoms with E-state index in [1.807, 2.05) is 12.1 Å². The van der Waals surface area contributed by atoms with E-state index in [-0.39, 0.29) is 23.6 Å². The fourth-order valence-corrected chi connectivity index (χ4v) is 2.51. The van der Waals surface area contributed by atoms with Crippen molar-refractivity contribution in [1.29, 1.82) is 0 Å². The molecule has 3 rings (SSSR count). The maximum atomic E-state index is 12.0. The van der Waals surface area contributed by atoms with Crippen LogP contribution in [0.3, 0.4) is 0 Å². The minimum atomic E-state index is -0.530. The second-order valence-electron chi connectivity index (χ2n) is 5.96. The highest BCUT2D eigenvalue weighted by Gasteiger charge is 2.08. The molecule has 28 heavy (non-hydrogen) atoms. The molecule has 0 bridgehead atoms. The lowest BCUT2D eigenvalue weighted by molar-refractivity contribution is -0.384. The summed E-state index contributed by atoms with van der Waals surface area (Å²) in [6.45, 7) is 0.159. The van der Waals surface area contributed by atoms with Gasteiger partial charge < -0.3 is 14.6 Å². The first-order valence-electron chi connectivity index (χ1n) is 8.43. The van der Waals surface area contributed by atoms with Gasteiger partial charge >= 0.3 is 0 Å². The van der Waals surface area contributed by atoms with E-state index in [0.29, 0.717) is 12.2 Å². The molecular formula is C20H17N3O5. The van der Waals surface area contributed by atoms with Gasteiger partial charge in [0.2, 0.25) is 0 Å².